The summed E-state index contributed by atoms with van der Waals surface area (Å²) in [7, 11) is 0. The van der Waals surface area contributed by atoms with Crippen LogP contribution in [0.25, 0.3) is 0 Å². The first kappa shape index (κ1) is 15.0. The normalized spacial score (nSPS) is 14.8. The Kier molecular flexibility index (Phi) is 7.43. The molecule has 18 heavy (non-hydrogen) atoms. The summed E-state index contributed by atoms with van der Waals surface area (Å²) in [5.41, 5.74) is 1.25. The smallest absolute Gasteiger partial charge is 0.0720 e. The van der Waals surface area contributed by atoms with Gasteiger partial charge in [-0.2, -0.15) is 0 Å². The summed E-state index contributed by atoms with van der Waals surface area (Å²) in [4.78, 5) is 0. The van der Waals surface area contributed by atoms with E-state index in [0.29, 0.717) is 18.6 Å². The zero-order valence-electron chi connectivity index (χ0n) is 11.9. The monoisotopic (exact) mass is 246 g/mol. The average Bonchev–Trinajstić information content (AvgIpc) is 2.42. The lowest BCUT2D eigenvalue weighted by molar-refractivity contribution is 0.0192. The number of unbranched alkanes of at least 4 members (excludes halogenated alkanes) is 1. The van der Waals surface area contributed by atoms with Gasteiger partial charge in [0.15, 0.2) is 0 Å². The Hall–Kier alpha value is -1.08. The molecular formula is C17H26O. The molecule has 0 aromatic heterocycles. The molecule has 0 aliphatic heterocycles. The largest absolute Gasteiger partial charge is 0.374 e. The van der Waals surface area contributed by atoms with Gasteiger partial charge >= 0.3 is 0 Å². The molecule has 0 saturated carbocycles. The van der Waals surface area contributed by atoms with Crippen molar-refractivity contribution < 1.29 is 4.74 Å². The zero-order chi connectivity index (χ0) is 13.2. The summed E-state index contributed by atoms with van der Waals surface area (Å²) in [6.45, 7) is 7.34. The first-order valence-electron chi connectivity index (χ1n) is 7.04. The summed E-state index contributed by atoms with van der Waals surface area (Å²) in [6.07, 6.45) is 8.39. The third kappa shape index (κ3) is 6.02. The van der Waals surface area contributed by atoms with E-state index in [1.54, 1.807) is 0 Å². The number of ether oxygens (including phenoxy) is 1. The molecule has 0 radical (unpaired) electrons. The van der Waals surface area contributed by atoms with Crippen molar-refractivity contribution in [1.82, 2.24) is 0 Å². The Morgan fingerprint density at radius 1 is 1.11 bits per heavy atom. The van der Waals surface area contributed by atoms with Gasteiger partial charge < -0.3 is 4.74 Å². The highest BCUT2D eigenvalue weighted by molar-refractivity contribution is 5.13. The Balaban J connectivity index is 2.25. The average molecular weight is 246 g/mol. The second-order valence-electron chi connectivity index (χ2n) is 4.97. The first-order valence-corrected chi connectivity index (χ1v) is 7.04. The van der Waals surface area contributed by atoms with Crippen LogP contribution in [0.3, 0.4) is 0 Å². The van der Waals surface area contributed by atoms with Crippen molar-refractivity contribution in [2.24, 2.45) is 5.92 Å². The Labute approximate surface area is 112 Å². The van der Waals surface area contributed by atoms with Gasteiger partial charge in [0.25, 0.3) is 0 Å². The maximum absolute atomic E-state index is 5.91. The van der Waals surface area contributed by atoms with Crippen LogP contribution >= 0.6 is 0 Å². The fourth-order valence-corrected chi connectivity index (χ4v) is 1.75. The van der Waals surface area contributed by atoms with E-state index in [4.69, 9.17) is 4.74 Å². The summed E-state index contributed by atoms with van der Waals surface area (Å²) in [5.74, 6) is 0.571. The van der Waals surface area contributed by atoms with Crippen LogP contribution in [0.4, 0.5) is 0 Å². The fourth-order valence-electron chi connectivity index (χ4n) is 1.75. The van der Waals surface area contributed by atoms with Crippen LogP contribution in [-0.2, 0) is 11.3 Å². The molecule has 2 atom stereocenters. The molecule has 0 spiro atoms. The predicted molar refractivity (Wildman–Crippen MR) is 78.5 cm³/mol. The number of hydrogen-bond acceptors (Lipinski definition) is 1. The van der Waals surface area contributed by atoms with Gasteiger partial charge in [0.2, 0.25) is 0 Å². The van der Waals surface area contributed by atoms with Crippen LogP contribution in [-0.4, -0.2) is 6.10 Å². The molecule has 0 bridgehead atoms. The molecular weight excluding hydrogens is 220 g/mol. The molecule has 2 unspecified atom stereocenters. The Bertz CT molecular complexity index is 329. The van der Waals surface area contributed by atoms with Crippen LogP contribution in [0, 0.1) is 5.92 Å². The third-order valence-electron chi connectivity index (χ3n) is 3.29. The molecule has 100 valence electrons. The standard InChI is InChI=1S/C17H26O/c1-4-5-6-8-11-15(2)16(3)18-14-17-12-9-7-10-13-17/h6-10,12-13,15-16H,4-5,11,14H2,1-3H3. The van der Waals surface area contributed by atoms with Crippen LogP contribution < -0.4 is 0 Å². The molecule has 0 N–H and O–H groups in total. The van der Waals surface area contributed by atoms with Crippen molar-refractivity contribution >= 4 is 0 Å². The SMILES string of the molecule is CCCC=CCC(C)C(C)OCc1ccccc1. The van der Waals surface area contributed by atoms with Crippen LogP contribution in [0.15, 0.2) is 42.5 Å². The zero-order valence-corrected chi connectivity index (χ0v) is 11.9. The summed E-state index contributed by atoms with van der Waals surface area (Å²) in [6, 6.07) is 10.4. The van der Waals surface area contributed by atoms with Crippen molar-refractivity contribution in [3.63, 3.8) is 0 Å². The van der Waals surface area contributed by atoms with Gasteiger partial charge in [-0.1, -0.05) is 62.8 Å². The maximum Gasteiger partial charge on any atom is 0.0720 e. The van der Waals surface area contributed by atoms with E-state index in [-0.39, 0.29) is 0 Å². The van der Waals surface area contributed by atoms with Crippen LogP contribution in [0.5, 0.6) is 0 Å². The van der Waals surface area contributed by atoms with E-state index in [1.165, 1.54) is 18.4 Å². The van der Waals surface area contributed by atoms with Gasteiger partial charge in [0.05, 0.1) is 12.7 Å². The highest BCUT2D eigenvalue weighted by Crippen LogP contribution is 2.14. The van der Waals surface area contributed by atoms with E-state index < -0.39 is 0 Å². The molecule has 0 amide bonds. The summed E-state index contributed by atoms with van der Waals surface area (Å²) >= 11 is 0. The number of rotatable bonds is 8. The Morgan fingerprint density at radius 3 is 2.50 bits per heavy atom. The molecule has 0 aliphatic rings. The van der Waals surface area contributed by atoms with Gasteiger partial charge in [0, 0.05) is 0 Å². The van der Waals surface area contributed by atoms with E-state index in [9.17, 15) is 0 Å². The van der Waals surface area contributed by atoms with E-state index in [2.05, 4.69) is 57.2 Å². The molecule has 0 saturated heterocycles. The van der Waals surface area contributed by atoms with Gasteiger partial charge in [-0.3, -0.25) is 0 Å². The molecule has 1 nitrogen and oxygen atoms in total. The lowest BCUT2D eigenvalue weighted by Crippen LogP contribution is -2.17. The molecule has 1 aromatic rings. The van der Waals surface area contributed by atoms with E-state index in [0.717, 1.165) is 6.42 Å². The minimum Gasteiger partial charge on any atom is -0.374 e. The lowest BCUT2D eigenvalue weighted by Gasteiger charge is -2.19. The van der Waals surface area contributed by atoms with Crippen molar-refractivity contribution in [3.05, 3.63) is 48.0 Å². The van der Waals surface area contributed by atoms with Crippen molar-refractivity contribution in [3.8, 4) is 0 Å². The highest BCUT2D eigenvalue weighted by atomic mass is 16.5. The summed E-state index contributed by atoms with van der Waals surface area (Å²) in [5, 5.41) is 0. The van der Waals surface area contributed by atoms with Crippen molar-refractivity contribution in [2.45, 2.75) is 52.7 Å². The number of hydrogen-bond donors (Lipinski definition) is 0. The second-order valence-corrected chi connectivity index (χ2v) is 4.97. The van der Waals surface area contributed by atoms with E-state index >= 15 is 0 Å². The fraction of sp³-hybridized carbons (Fsp3) is 0.529. The Morgan fingerprint density at radius 2 is 1.83 bits per heavy atom. The van der Waals surface area contributed by atoms with Crippen LogP contribution in [0.2, 0.25) is 0 Å². The molecule has 1 heteroatoms. The molecule has 1 rings (SSSR count). The summed E-state index contributed by atoms with van der Waals surface area (Å²) < 4.78 is 5.91. The van der Waals surface area contributed by atoms with E-state index in [1.807, 2.05) is 6.07 Å². The second kappa shape index (κ2) is 8.93. The third-order valence-corrected chi connectivity index (χ3v) is 3.29. The molecule has 0 aliphatic carbocycles. The van der Waals surface area contributed by atoms with Crippen LogP contribution in [0.1, 0.15) is 45.6 Å². The minimum absolute atomic E-state index is 0.302. The maximum atomic E-state index is 5.91. The quantitative estimate of drug-likeness (QED) is 0.588. The van der Waals surface area contributed by atoms with Gasteiger partial charge in [-0.25, -0.2) is 0 Å². The van der Waals surface area contributed by atoms with Crippen molar-refractivity contribution in [1.29, 1.82) is 0 Å². The van der Waals surface area contributed by atoms with Gasteiger partial charge in [-0.15, -0.1) is 0 Å². The predicted octanol–water partition coefficient (Wildman–Crippen LogP) is 4.97. The molecule has 0 fully saturated rings. The first-order chi connectivity index (χ1) is 8.74. The van der Waals surface area contributed by atoms with Gasteiger partial charge in [-0.05, 0) is 31.2 Å². The minimum atomic E-state index is 0.302. The lowest BCUT2D eigenvalue weighted by atomic mass is 10.0. The van der Waals surface area contributed by atoms with Crippen molar-refractivity contribution in [2.75, 3.05) is 0 Å². The number of allylic oxidation sites excluding steroid dienone is 2. The number of benzene rings is 1. The molecule has 0 heterocycles. The molecule has 1 aromatic carbocycles. The highest BCUT2D eigenvalue weighted by Gasteiger charge is 2.10. The van der Waals surface area contributed by atoms with Gasteiger partial charge in [0.1, 0.15) is 0 Å². The topological polar surface area (TPSA) is 9.23 Å².